The number of para-hydroxylation sites is 1. The van der Waals surface area contributed by atoms with E-state index in [4.69, 9.17) is 9.97 Å². The van der Waals surface area contributed by atoms with Crippen LogP contribution in [0.4, 0.5) is 0 Å². The molecule has 9 aromatic rings. The maximum absolute atomic E-state index is 5.50. The van der Waals surface area contributed by atoms with Crippen molar-refractivity contribution in [1.29, 1.82) is 0 Å². The van der Waals surface area contributed by atoms with Gasteiger partial charge in [-0.1, -0.05) is 188 Å². The number of rotatable bonds is 3. The Balaban J connectivity index is 1.26. The Morgan fingerprint density at radius 2 is 0.815 bits per heavy atom. The summed E-state index contributed by atoms with van der Waals surface area (Å²) < 4.78 is 0. The summed E-state index contributed by atoms with van der Waals surface area (Å²) in [5.41, 5.74) is 18.5. The number of hydrogen-bond acceptors (Lipinski definition) is 2. The summed E-state index contributed by atoms with van der Waals surface area (Å²) in [7, 11) is 0. The first-order valence-electron chi connectivity index (χ1n) is 18.8. The van der Waals surface area contributed by atoms with Gasteiger partial charge in [0.25, 0.3) is 0 Å². The number of fused-ring (bicyclic) bond motifs is 13. The van der Waals surface area contributed by atoms with Crippen molar-refractivity contribution in [1.82, 2.24) is 9.97 Å². The Labute approximate surface area is 314 Å². The van der Waals surface area contributed by atoms with Crippen LogP contribution in [0.3, 0.4) is 0 Å². The second kappa shape index (κ2) is 10.8. The van der Waals surface area contributed by atoms with E-state index in [9.17, 15) is 0 Å². The fraction of sp³-hybridized carbons (Fsp3) is 0.0385. The monoisotopic (exact) mass is 684 g/mol. The molecule has 12 rings (SSSR count). The molecular weight excluding hydrogens is 653 g/mol. The fourth-order valence-corrected chi connectivity index (χ4v) is 10.5. The summed E-state index contributed by atoms with van der Waals surface area (Å²) in [4.78, 5) is 10.9. The van der Waals surface area contributed by atoms with Gasteiger partial charge in [-0.2, -0.15) is 0 Å². The van der Waals surface area contributed by atoms with Crippen LogP contribution in [0.15, 0.2) is 194 Å². The quantitative estimate of drug-likeness (QED) is 0.185. The van der Waals surface area contributed by atoms with Crippen LogP contribution in [-0.2, 0) is 10.8 Å². The molecule has 2 heteroatoms. The Bertz CT molecular complexity index is 3000. The molecule has 0 aliphatic heterocycles. The molecule has 0 saturated heterocycles. The second-order valence-corrected chi connectivity index (χ2v) is 14.7. The number of aromatic nitrogens is 2. The molecule has 2 unspecified atom stereocenters. The minimum Gasteiger partial charge on any atom is -0.228 e. The summed E-state index contributed by atoms with van der Waals surface area (Å²) in [5, 5.41) is 1.05. The Morgan fingerprint density at radius 3 is 1.56 bits per heavy atom. The summed E-state index contributed by atoms with van der Waals surface area (Å²) in [6, 6.07) is 71.3. The first-order valence-corrected chi connectivity index (χ1v) is 18.8. The molecule has 2 nitrogen and oxygen atoms in total. The van der Waals surface area contributed by atoms with E-state index in [-0.39, 0.29) is 0 Å². The van der Waals surface area contributed by atoms with Gasteiger partial charge in [-0.3, -0.25) is 0 Å². The zero-order valence-corrected chi connectivity index (χ0v) is 29.4. The standard InChI is InChI=1S/C52H32N2/c1-3-17-33(18-4-1)49-39-23-9-14-32-46(39)53-50(54-49)40-26-15-24-37-35-21-8-11-28-42(35)52(47(37)40)44-30-13-12-29-43(44)51(34-19-5-2-6-20-34)41-27-10-7-22-36(41)38-25-16-31-45(52)48(38)51/h1-32H. The van der Waals surface area contributed by atoms with Crippen LogP contribution in [0.25, 0.3) is 55.8 Å². The van der Waals surface area contributed by atoms with Crippen LogP contribution in [0.5, 0.6) is 0 Å². The van der Waals surface area contributed by atoms with Crippen molar-refractivity contribution in [2.24, 2.45) is 0 Å². The normalized spacial score (nSPS) is 18.1. The summed E-state index contributed by atoms with van der Waals surface area (Å²) >= 11 is 0. The molecule has 3 aliphatic rings. The molecule has 0 saturated carbocycles. The van der Waals surface area contributed by atoms with Crippen LogP contribution in [-0.4, -0.2) is 9.97 Å². The SMILES string of the molecule is c1ccc(-c2nc(-c3cccc4c3C3(c5ccccc5-4)c4ccccc4C4(c5ccccc5)c5ccccc5-c5cccc3c54)nc3ccccc23)cc1. The van der Waals surface area contributed by atoms with Gasteiger partial charge >= 0.3 is 0 Å². The fourth-order valence-electron chi connectivity index (χ4n) is 10.5. The largest absolute Gasteiger partial charge is 0.228 e. The molecule has 8 aromatic carbocycles. The molecule has 3 aliphatic carbocycles. The van der Waals surface area contributed by atoms with Crippen LogP contribution in [0.2, 0.25) is 0 Å². The molecule has 0 fully saturated rings. The van der Waals surface area contributed by atoms with Crippen molar-refractivity contribution >= 4 is 10.9 Å². The summed E-state index contributed by atoms with van der Waals surface area (Å²) in [6.07, 6.45) is 0. The zero-order valence-electron chi connectivity index (χ0n) is 29.4. The van der Waals surface area contributed by atoms with Crippen molar-refractivity contribution in [3.05, 3.63) is 239 Å². The van der Waals surface area contributed by atoms with Crippen LogP contribution < -0.4 is 0 Å². The van der Waals surface area contributed by atoms with E-state index in [1.165, 1.54) is 66.8 Å². The van der Waals surface area contributed by atoms with E-state index in [0.717, 1.165) is 33.5 Å². The third kappa shape index (κ3) is 3.55. The predicted molar refractivity (Wildman–Crippen MR) is 219 cm³/mol. The van der Waals surface area contributed by atoms with Crippen LogP contribution >= 0.6 is 0 Å². The lowest BCUT2D eigenvalue weighted by Crippen LogP contribution is -2.43. The molecule has 0 bridgehead atoms. The van der Waals surface area contributed by atoms with Crippen molar-refractivity contribution in [3.63, 3.8) is 0 Å². The highest BCUT2D eigenvalue weighted by Gasteiger charge is 2.60. The van der Waals surface area contributed by atoms with Crippen molar-refractivity contribution in [2.45, 2.75) is 10.8 Å². The molecule has 54 heavy (non-hydrogen) atoms. The Hall–Kier alpha value is -6.90. The highest BCUT2D eigenvalue weighted by Crippen LogP contribution is 2.69. The third-order valence-electron chi connectivity index (χ3n) is 12.4. The molecule has 1 aromatic heterocycles. The van der Waals surface area contributed by atoms with E-state index in [1.807, 2.05) is 0 Å². The molecule has 0 radical (unpaired) electrons. The van der Waals surface area contributed by atoms with Crippen molar-refractivity contribution in [2.75, 3.05) is 0 Å². The molecule has 1 spiro atoms. The van der Waals surface area contributed by atoms with Gasteiger partial charge in [-0.05, 0) is 72.8 Å². The first-order chi connectivity index (χ1) is 26.8. The van der Waals surface area contributed by atoms with Crippen LogP contribution in [0.1, 0.15) is 44.5 Å². The Morgan fingerprint density at radius 1 is 0.315 bits per heavy atom. The van der Waals surface area contributed by atoms with E-state index < -0.39 is 10.8 Å². The maximum atomic E-state index is 5.50. The molecule has 0 amide bonds. The maximum Gasteiger partial charge on any atom is 0.160 e. The summed E-state index contributed by atoms with van der Waals surface area (Å²) in [5.74, 6) is 0.741. The van der Waals surface area contributed by atoms with Crippen LogP contribution in [0, 0.1) is 0 Å². The van der Waals surface area contributed by atoms with Gasteiger partial charge in [0.1, 0.15) is 0 Å². The van der Waals surface area contributed by atoms with Gasteiger partial charge in [0.2, 0.25) is 0 Å². The van der Waals surface area contributed by atoms with E-state index in [2.05, 4.69) is 194 Å². The summed E-state index contributed by atoms with van der Waals surface area (Å²) in [6.45, 7) is 0. The lowest BCUT2D eigenvalue weighted by Gasteiger charge is -2.48. The van der Waals surface area contributed by atoms with Gasteiger partial charge in [-0.25, -0.2) is 9.97 Å². The van der Waals surface area contributed by atoms with Gasteiger partial charge in [0.05, 0.1) is 22.0 Å². The highest BCUT2D eigenvalue weighted by atomic mass is 14.9. The lowest BCUT2D eigenvalue weighted by molar-refractivity contribution is 0.636. The van der Waals surface area contributed by atoms with Crippen molar-refractivity contribution < 1.29 is 0 Å². The van der Waals surface area contributed by atoms with Crippen molar-refractivity contribution in [3.8, 4) is 44.9 Å². The van der Waals surface area contributed by atoms with E-state index in [0.29, 0.717) is 0 Å². The highest BCUT2D eigenvalue weighted by molar-refractivity contribution is 5.99. The molecule has 2 atom stereocenters. The molecule has 250 valence electrons. The van der Waals surface area contributed by atoms with Gasteiger partial charge < -0.3 is 0 Å². The van der Waals surface area contributed by atoms with Gasteiger partial charge in [-0.15, -0.1) is 0 Å². The first kappa shape index (κ1) is 29.7. The average molecular weight is 685 g/mol. The minimum atomic E-state index is -0.632. The van der Waals surface area contributed by atoms with Gasteiger partial charge in [0, 0.05) is 16.5 Å². The molecular formula is C52H32N2. The number of nitrogens with zero attached hydrogens (tertiary/aromatic N) is 2. The topological polar surface area (TPSA) is 25.8 Å². The predicted octanol–water partition coefficient (Wildman–Crippen LogP) is 12.0. The third-order valence-corrected chi connectivity index (χ3v) is 12.4. The average Bonchev–Trinajstić information content (AvgIpc) is 3.73. The minimum absolute atomic E-state index is 0.488. The number of hydrogen-bond donors (Lipinski definition) is 0. The van der Waals surface area contributed by atoms with Gasteiger partial charge in [0.15, 0.2) is 5.82 Å². The molecule has 1 heterocycles. The van der Waals surface area contributed by atoms with E-state index >= 15 is 0 Å². The zero-order chi connectivity index (χ0) is 35.4. The smallest absolute Gasteiger partial charge is 0.160 e. The lowest BCUT2D eigenvalue weighted by atomic mass is 9.52. The van der Waals surface area contributed by atoms with E-state index in [1.54, 1.807) is 0 Å². The molecule has 0 N–H and O–H groups in total. The second-order valence-electron chi connectivity index (χ2n) is 14.7. The number of benzene rings is 8. The Kier molecular flexibility index (Phi) is 5.94.